The summed E-state index contributed by atoms with van der Waals surface area (Å²) in [5.41, 5.74) is 5.28. The summed E-state index contributed by atoms with van der Waals surface area (Å²) in [5.74, 6) is -0.0561. The Labute approximate surface area is 148 Å². The van der Waals surface area contributed by atoms with Crippen LogP contribution in [0.15, 0.2) is 83.9 Å². The molecule has 0 spiro atoms. The van der Waals surface area contributed by atoms with E-state index < -0.39 is 0 Å². The number of carbonyl (C=O) groups excluding carboxylic acids is 1. The number of nitrogens with one attached hydrogen (secondary N) is 1. The average Bonchev–Trinajstić information content (AvgIpc) is 2.63. The number of anilines is 1. The Morgan fingerprint density at radius 3 is 2.08 bits per heavy atom. The van der Waals surface area contributed by atoms with E-state index in [1.807, 2.05) is 72.9 Å². The summed E-state index contributed by atoms with van der Waals surface area (Å²) < 4.78 is 0. The van der Waals surface area contributed by atoms with Crippen LogP contribution in [0.2, 0.25) is 0 Å². The van der Waals surface area contributed by atoms with E-state index >= 15 is 0 Å². The number of rotatable bonds is 5. The Kier molecular flexibility index (Phi) is 5.37. The molecule has 0 saturated carbocycles. The van der Waals surface area contributed by atoms with Crippen LogP contribution in [0.4, 0.5) is 11.4 Å². The molecule has 0 fully saturated rings. The van der Waals surface area contributed by atoms with E-state index in [-0.39, 0.29) is 5.91 Å². The zero-order valence-electron chi connectivity index (χ0n) is 14.1. The van der Waals surface area contributed by atoms with Crippen LogP contribution < -0.4 is 5.32 Å². The average molecular weight is 328 g/mol. The Morgan fingerprint density at radius 2 is 1.48 bits per heavy atom. The molecule has 0 saturated heterocycles. The van der Waals surface area contributed by atoms with Gasteiger partial charge in [-0.25, -0.2) is 0 Å². The van der Waals surface area contributed by atoms with Crippen molar-refractivity contribution in [3.63, 3.8) is 0 Å². The highest BCUT2D eigenvalue weighted by Crippen LogP contribution is 2.17. The van der Waals surface area contributed by atoms with Crippen molar-refractivity contribution in [2.24, 2.45) is 4.99 Å². The molecule has 0 atom stereocenters. The minimum Gasteiger partial charge on any atom is -0.326 e. The molecule has 3 aromatic rings. The molecule has 0 radical (unpaired) electrons. The summed E-state index contributed by atoms with van der Waals surface area (Å²) in [6.45, 7) is 1.51. The van der Waals surface area contributed by atoms with Crippen LogP contribution in [0.5, 0.6) is 0 Å². The van der Waals surface area contributed by atoms with Gasteiger partial charge in [-0.2, -0.15) is 0 Å². The van der Waals surface area contributed by atoms with Crippen molar-refractivity contribution in [3.8, 4) is 0 Å². The van der Waals surface area contributed by atoms with Gasteiger partial charge in [0, 0.05) is 18.8 Å². The van der Waals surface area contributed by atoms with Crippen LogP contribution in [0.3, 0.4) is 0 Å². The van der Waals surface area contributed by atoms with Gasteiger partial charge in [-0.3, -0.25) is 9.79 Å². The molecule has 3 heteroatoms. The third-order valence-corrected chi connectivity index (χ3v) is 3.78. The smallest absolute Gasteiger partial charge is 0.221 e. The van der Waals surface area contributed by atoms with Gasteiger partial charge in [0.05, 0.1) is 5.69 Å². The number of hydrogen-bond acceptors (Lipinski definition) is 2. The highest BCUT2D eigenvalue weighted by molar-refractivity contribution is 5.88. The molecule has 0 unspecified atom stereocenters. The lowest BCUT2D eigenvalue weighted by Crippen LogP contribution is -2.05. The van der Waals surface area contributed by atoms with Crippen molar-refractivity contribution >= 4 is 23.5 Å². The van der Waals surface area contributed by atoms with Crippen molar-refractivity contribution in [2.45, 2.75) is 13.3 Å². The lowest BCUT2D eigenvalue weighted by molar-refractivity contribution is -0.114. The maximum Gasteiger partial charge on any atom is 0.221 e. The van der Waals surface area contributed by atoms with Crippen molar-refractivity contribution in [1.29, 1.82) is 0 Å². The van der Waals surface area contributed by atoms with Crippen LogP contribution in [0, 0.1) is 0 Å². The van der Waals surface area contributed by atoms with Crippen LogP contribution >= 0.6 is 0 Å². The Balaban J connectivity index is 1.62. The van der Waals surface area contributed by atoms with E-state index in [9.17, 15) is 4.79 Å². The van der Waals surface area contributed by atoms with Gasteiger partial charge < -0.3 is 5.32 Å². The normalized spacial score (nSPS) is 10.8. The monoisotopic (exact) mass is 328 g/mol. The molecule has 0 aromatic heterocycles. The molecule has 0 heterocycles. The molecule has 0 aliphatic heterocycles. The van der Waals surface area contributed by atoms with Gasteiger partial charge in [-0.1, -0.05) is 54.6 Å². The molecule has 25 heavy (non-hydrogen) atoms. The van der Waals surface area contributed by atoms with E-state index in [1.165, 1.54) is 18.1 Å². The summed E-state index contributed by atoms with van der Waals surface area (Å²) in [6, 6.07) is 26.2. The first-order chi connectivity index (χ1) is 12.2. The van der Waals surface area contributed by atoms with Crippen LogP contribution in [0.1, 0.15) is 23.6 Å². The summed E-state index contributed by atoms with van der Waals surface area (Å²) in [4.78, 5) is 15.5. The maximum atomic E-state index is 11.0. The predicted molar refractivity (Wildman–Crippen MR) is 104 cm³/mol. The molecule has 0 aliphatic rings. The van der Waals surface area contributed by atoms with E-state index in [0.29, 0.717) is 0 Å². The second-order valence-corrected chi connectivity index (χ2v) is 5.89. The van der Waals surface area contributed by atoms with E-state index in [2.05, 4.69) is 22.4 Å². The van der Waals surface area contributed by atoms with Gasteiger partial charge in [-0.05, 0) is 47.4 Å². The molecule has 1 amide bonds. The molecule has 3 aromatic carbocycles. The number of benzene rings is 3. The SMILES string of the molecule is CC(=O)Nc1ccc(Cc2ccc(N=Cc3ccccc3)cc2)cc1. The molecule has 3 rings (SSSR count). The lowest BCUT2D eigenvalue weighted by atomic mass is 10.0. The van der Waals surface area contributed by atoms with Crippen molar-refractivity contribution in [3.05, 3.63) is 95.6 Å². The highest BCUT2D eigenvalue weighted by Gasteiger charge is 1.99. The molecule has 0 bridgehead atoms. The molecule has 1 N–H and O–H groups in total. The maximum absolute atomic E-state index is 11.0. The van der Waals surface area contributed by atoms with Crippen LogP contribution in [-0.4, -0.2) is 12.1 Å². The molecule has 3 nitrogen and oxygen atoms in total. The zero-order chi connectivity index (χ0) is 17.5. The minimum atomic E-state index is -0.0561. The van der Waals surface area contributed by atoms with Crippen molar-refractivity contribution in [1.82, 2.24) is 0 Å². The number of amides is 1. The summed E-state index contributed by atoms with van der Waals surface area (Å²) in [7, 11) is 0. The lowest BCUT2D eigenvalue weighted by Gasteiger charge is -2.05. The minimum absolute atomic E-state index is 0.0561. The standard InChI is InChI=1S/C22H20N2O/c1-17(25)24-22-13-9-19(10-14-22)15-18-7-11-21(12-8-18)23-16-20-5-3-2-4-6-20/h2-14,16H,15H2,1H3,(H,24,25). The third-order valence-electron chi connectivity index (χ3n) is 3.78. The van der Waals surface area contributed by atoms with E-state index in [1.54, 1.807) is 0 Å². The van der Waals surface area contributed by atoms with Gasteiger partial charge in [-0.15, -0.1) is 0 Å². The Morgan fingerprint density at radius 1 is 0.880 bits per heavy atom. The van der Waals surface area contributed by atoms with E-state index in [0.717, 1.165) is 23.4 Å². The van der Waals surface area contributed by atoms with Crippen LogP contribution in [-0.2, 0) is 11.2 Å². The summed E-state index contributed by atoms with van der Waals surface area (Å²) in [5, 5.41) is 2.78. The van der Waals surface area contributed by atoms with Crippen molar-refractivity contribution in [2.75, 3.05) is 5.32 Å². The Hall–Kier alpha value is -3.20. The fourth-order valence-corrected chi connectivity index (χ4v) is 2.53. The predicted octanol–water partition coefficient (Wildman–Crippen LogP) is 4.99. The second kappa shape index (κ2) is 8.06. The molecule has 124 valence electrons. The molecular formula is C22H20N2O. The fourth-order valence-electron chi connectivity index (χ4n) is 2.53. The van der Waals surface area contributed by atoms with Crippen LogP contribution in [0.25, 0.3) is 0 Å². The number of nitrogens with zero attached hydrogens (tertiary/aromatic N) is 1. The summed E-state index contributed by atoms with van der Waals surface area (Å²) >= 11 is 0. The quantitative estimate of drug-likeness (QED) is 0.659. The topological polar surface area (TPSA) is 41.5 Å². The first-order valence-corrected chi connectivity index (χ1v) is 8.24. The van der Waals surface area contributed by atoms with Gasteiger partial charge in [0.1, 0.15) is 0 Å². The first kappa shape index (κ1) is 16.7. The second-order valence-electron chi connectivity index (χ2n) is 5.89. The summed E-state index contributed by atoms with van der Waals surface area (Å²) in [6.07, 6.45) is 2.72. The fraction of sp³-hybridized carbons (Fsp3) is 0.0909. The largest absolute Gasteiger partial charge is 0.326 e. The third kappa shape index (κ3) is 5.15. The van der Waals surface area contributed by atoms with Crippen molar-refractivity contribution < 1.29 is 4.79 Å². The number of aliphatic imine (C=N–C) groups is 1. The zero-order valence-corrected chi connectivity index (χ0v) is 14.1. The number of hydrogen-bond donors (Lipinski definition) is 1. The van der Waals surface area contributed by atoms with Gasteiger partial charge in [0.25, 0.3) is 0 Å². The Bertz CT molecular complexity index is 851. The molecule has 0 aliphatic carbocycles. The van der Waals surface area contributed by atoms with Gasteiger partial charge >= 0.3 is 0 Å². The number of carbonyl (C=O) groups is 1. The first-order valence-electron chi connectivity index (χ1n) is 8.24. The van der Waals surface area contributed by atoms with Gasteiger partial charge in [0.15, 0.2) is 0 Å². The van der Waals surface area contributed by atoms with E-state index in [4.69, 9.17) is 0 Å². The van der Waals surface area contributed by atoms with Gasteiger partial charge in [0.2, 0.25) is 5.91 Å². The molecular weight excluding hydrogens is 308 g/mol. The highest BCUT2D eigenvalue weighted by atomic mass is 16.1.